The van der Waals surface area contributed by atoms with Crippen molar-refractivity contribution in [3.63, 3.8) is 0 Å². The van der Waals surface area contributed by atoms with Gasteiger partial charge in [0.25, 0.3) is 0 Å². The largest absolute Gasteiger partial charge is 0.453 e. The molecule has 3 aromatic heterocycles. The van der Waals surface area contributed by atoms with Gasteiger partial charge in [-0.3, -0.25) is 9.59 Å². The lowest BCUT2D eigenvalue weighted by molar-refractivity contribution is -0.137. The zero-order valence-corrected chi connectivity index (χ0v) is 34.4. The van der Waals surface area contributed by atoms with Crippen molar-refractivity contribution in [1.29, 1.82) is 0 Å². The van der Waals surface area contributed by atoms with Crippen molar-refractivity contribution in [3.8, 4) is 21.6 Å². The predicted octanol–water partition coefficient (Wildman–Crippen LogP) is 7.82. The number of benzene rings is 2. The highest BCUT2D eigenvalue weighted by Gasteiger charge is 2.43. The molecule has 2 aliphatic heterocycles. The summed E-state index contributed by atoms with van der Waals surface area (Å²) in [4.78, 5) is 70.4. The summed E-state index contributed by atoms with van der Waals surface area (Å²) in [5, 5.41) is 5.42. The van der Waals surface area contributed by atoms with Gasteiger partial charge in [0.05, 0.1) is 25.8 Å². The number of aromatic amines is 1. The van der Waals surface area contributed by atoms with Crippen molar-refractivity contribution in [2.45, 2.75) is 91.0 Å². The second kappa shape index (κ2) is 16.2. The Balaban J connectivity index is 1.06. The molecule has 57 heavy (non-hydrogen) atoms. The number of rotatable bonds is 10. The lowest BCUT2D eigenvalue weighted by atomic mass is 10.0. The van der Waals surface area contributed by atoms with Gasteiger partial charge in [-0.1, -0.05) is 65.0 Å². The summed E-state index contributed by atoms with van der Waals surface area (Å²) in [5.41, 5.74) is 5.31. The topological polar surface area (TPSA) is 172 Å². The van der Waals surface area contributed by atoms with Gasteiger partial charge in [-0.15, -0.1) is 11.3 Å². The van der Waals surface area contributed by atoms with E-state index in [0.717, 1.165) is 50.6 Å². The number of alkyl carbamates (subject to hydrolysis) is 2. The summed E-state index contributed by atoms with van der Waals surface area (Å²) < 4.78 is 15.9. The van der Waals surface area contributed by atoms with Gasteiger partial charge in [-0.05, 0) is 78.8 Å². The number of oxazole rings is 1. The number of thiophene rings is 1. The lowest BCUT2D eigenvalue weighted by Crippen LogP contribution is -2.52. The van der Waals surface area contributed by atoms with Gasteiger partial charge < -0.3 is 39.3 Å². The number of hydrogen-bond donors (Lipinski definition) is 3. The average molecular weight is 798 g/mol. The number of fused-ring (bicyclic) bond motifs is 2. The average Bonchev–Trinajstić information content (AvgIpc) is 4.02. The van der Waals surface area contributed by atoms with E-state index in [2.05, 4.69) is 52.9 Å². The molecule has 5 heterocycles. The number of likely N-dealkylation sites (tertiary alicyclic amines) is 2. The molecule has 0 bridgehead atoms. The maximum absolute atomic E-state index is 13.8. The third kappa shape index (κ3) is 7.94. The third-order valence-electron chi connectivity index (χ3n) is 11.2. The van der Waals surface area contributed by atoms with Crippen molar-refractivity contribution < 1.29 is 33.1 Å². The van der Waals surface area contributed by atoms with Gasteiger partial charge in [-0.25, -0.2) is 19.6 Å². The van der Waals surface area contributed by atoms with E-state index in [1.165, 1.54) is 14.2 Å². The smallest absolute Gasteiger partial charge is 0.407 e. The predicted molar refractivity (Wildman–Crippen MR) is 217 cm³/mol. The Bertz CT molecular complexity index is 2250. The van der Waals surface area contributed by atoms with E-state index in [9.17, 15) is 19.2 Å². The molecule has 0 radical (unpaired) electrons. The summed E-state index contributed by atoms with van der Waals surface area (Å²) in [6, 6.07) is 14.3. The molecule has 14 nitrogen and oxygen atoms in total. The maximum atomic E-state index is 13.8. The van der Waals surface area contributed by atoms with Gasteiger partial charge in [0.1, 0.15) is 34.3 Å². The van der Waals surface area contributed by atoms with Gasteiger partial charge in [-0.2, -0.15) is 0 Å². The van der Waals surface area contributed by atoms with E-state index in [-0.39, 0.29) is 47.7 Å². The van der Waals surface area contributed by atoms with Gasteiger partial charge >= 0.3 is 12.2 Å². The number of nitrogens with one attached hydrogen (secondary N) is 3. The Labute approximate surface area is 335 Å². The second-order valence-electron chi connectivity index (χ2n) is 16.0. The molecule has 7 rings (SSSR count). The van der Waals surface area contributed by atoms with Gasteiger partial charge in [0.15, 0.2) is 5.58 Å². The van der Waals surface area contributed by atoms with Crippen LogP contribution in [0.4, 0.5) is 9.59 Å². The molecule has 0 saturated carbocycles. The van der Waals surface area contributed by atoms with Gasteiger partial charge in [0.2, 0.25) is 17.7 Å². The highest BCUT2D eigenvalue weighted by molar-refractivity contribution is 7.21. The van der Waals surface area contributed by atoms with Crippen molar-refractivity contribution in [2.75, 3.05) is 20.8 Å². The molecule has 0 aliphatic carbocycles. The Kier molecular flexibility index (Phi) is 11.3. The van der Waals surface area contributed by atoms with E-state index in [1.54, 1.807) is 16.2 Å². The first-order valence-electron chi connectivity index (χ1n) is 19.6. The summed E-state index contributed by atoms with van der Waals surface area (Å²) >= 11 is 1.59. The number of ether oxygens (including phenoxy) is 2. The van der Waals surface area contributed by atoms with E-state index >= 15 is 0 Å². The van der Waals surface area contributed by atoms with E-state index in [1.807, 2.05) is 57.7 Å². The molecule has 15 heteroatoms. The summed E-state index contributed by atoms with van der Waals surface area (Å²) in [5.74, 6) is 0.949. The molecule has 2 fully saturated rings. The Morgan fingerprint density at radius 2 is 1.46 bits per heavy atom. The molecular formula is C42H51N7O7S. The third-order valence-corrected chi connectivity index (χ3v) is 12.3. The lowest BCUT2D eigenvalue weighted by Gasteiger charge is -2.32. The van der Waals surface area contributed by atoms with Crippen LogP contribution in [0, 0.1) is 17.8 Å². The highest BCUT2D eigenvalue weighted by atomic mass is 32.1. The summed E-state index contributed by atoms with van der Waals surface area (Å²) in [6.45, 7) is 12.3. The van der Waals surface area contributed by atoms with E-state index < -0.39 is 24.3 Å². The Morgan fingerprint density at radius 1 is 0.825 bits per heavy atom. The van der Waals surface area contributed by atoms with Crippen LogP contribution in [0.1, 0.15) is 84.6 Å². The van der Waals surface area contributed by atoms with Crippen LogP contribution in [0.5, 0.6) is 0 Å². The number of amides is 4. The van der Waals surface area contributed by atoms with E-state index in [0.29, 0.717) is 30.0 Å². The number of aromatic nitrogens is 3. The number of nitrogens with zero attached hydrogens (tertiary/aromatic N) is 4. The molecule has 0 unspecified atom stereocenters. The van der Waals surface area contributed by atoms with Crippen molar-refractivity contribution in [2.24, 2.45) is 17.8 Å². The second-order valence-corrected chi connectivity index (χ2v) is 17.0. The Hall–Kier alpha value is -5.44. The molecule has 302 valence electrons. The SMILES string of the molecule is COC(=O)N[C@H](C(=O)N1C[C@@H](C)C[C@H]1c1nc2sc(-c3ccc(-c4ccc5nc([C@@H]6CC[C@H](C)N6C(=O)[C@@H](NC(=O)OC)C(C)C)oc5c4)cc3)cc2[nH]1)C(C)C. The van der Waals surface area contributed by atoms with Crippen LogP contribution in [-0.2, 0) is 19.1 Å². The first kappa shape index (κ1) is 39.8. The summed E-state index contributed by atoms with van der Waals surface area (Å²) in [6.07, 6.45) is 1.01. The van der Waals surface area contributed by atoms with E-state index in [4.69, 9.17) is 23.9 Å². The highest BCUT2D eigenvalue weighted by Crippen LogP contribution is 2.41. The van der Waals surface area contributed by atoms with Crippen LogP contribution >= 0.6 is 11.3 Å². The monoisotopic (exact) mass is 797 g/mol. The number of carbonyl (C=O) groups is 4. The zero-order chi connectivity index (χ0) is 40.7. The molecular weight excluding hydrogens is 747 g/mol. The molecule has 2 saturated heterocycles. The zero-order valence-electron chi connectivity index (χ0n) is 33.6. The number of H-pyrrole nitrogens is 1. The fraction of sp³-hybridized carbons (Fsp3) is 0.476. The molecule has 0 spiro atoms. The number of hydrogen-bond acceptors (Lipinski definition) is 10. The molecule has 4 amide bonds. The van der Waals surface area contributed by atoms with Crippen LogP contribution in [-0.4, -0.2) is 87.6 Å². The minimum absolute atomic E-state index is 0.0422. The fourth-order valence-corrected chi connectivity index (χ4v) is 9.11. The van der Waals surface area contributed by atoms with Crippen molar-refractivity contribution >= 4 is 56.8 Å². The number of methoxy groups -OCH3 is 2. The maximum Gasteiger partial charge on any atom is 0.407 e. The van der Waals surface area contributed by atoms with Crippen LogP contribution in [0.2, 0.25) is 0 Å². The van der Waals surface area contributed by atoms with Crippen LogP contribution in [0.25, 0.3) is 43.0 Å². The van der Waals surface area contributed by atoms with Crippen LogP contribution in [0.15, 0.2) is 52.9 Å². The molecule has 5 aromatic rings. The molecule has 2 aliphatic rings. The normalized spacial score (nSPS) is 20.7. The fourth-order valence-electron chi connectivity index (χ4n) is 8.11. The number of imidazole rings is 1. The van der Waals surface area contributed by atoms with Crippen molar-refractivity contribution in [1.82, 2.24) is 35.4 Å². The standard InChI is InChI=1S/C42H51N7O7S/c1-21(2)34(45-41(52)54-7)39(50)48-20-23(5)17-31(48)36-43-29-19-33(57-38(29)47-36)26-12-10-25(11-13-26)27-14-15-28-32(18-27)56-37(44-28)30-16-9-24(6)49(30)40(51)35(22(3)4)46-42(53)55-8/h10-15,18-19,21-24,30-31,34-35H,9,16-17,20H2,1-8H3,(H,43,47)(H,45,52)(H,46,53)/t23-,24-,30-,31-,34-,35-/m0/s1. The molecule has 3 N–H and O–H groups in total. The van der Waals surface area contributed by atoms with Crippen LogP contribution in [0.3, 0.4) is 0 Å². The molecule has 2 aromatic carbocycles. The minimum Gasteiger partial charge on any atom is -0.453 e. The minimum atomic E-state index is -0.734. The quantitative estimate of drug-likeness (QED) is 0.127. The summed E-state index contributed by atoms with van der Waals surface area (Å²) in [7, 11) is 2.58. The van der Waals surface area contributed by atoms with Gasteiger partial charge in [0, 0.05) is 17.5 Å². The molecule has 6 atom stereocenters. The Morgan fingerprint density at radius 3 is 2.09 bits per heavy atom. The van der Waals surface area contributed by atoms with Crippen molar-refractivity contribution in [3.05, 3.63) is 60.2 Å². The first-order valence-corrected chi connectivity index (χ1v) is 20.4. The number of carbonyl (C=O) groups excluding carboxylic acids is 4. The first-order chi connectivity index (χ1) is 27.3. The van der Waals surface area contributed by atoms with Crippen LogP contribution < -0.4 is 10.6 Å².